The van der Waals surface area contributed by atoms with E-state index in [0.717, 1.165) is 16.8 Å². The molecule has 2 aromatic carbocycles. The van der Waals surface area contributed by atoms with Gasteiger partial charge in [0.05, 0.1) is 11.9 Å². The average molecular weight is 301 g/mol. The average Bonchev–Trinajstić information content (AvgIpc) is 3.30. The van der Waals surface area contributed by atoms with Gasteiger partial charge in [0.2, 0.25) is 0 Å². The third-order valence-electron chi connectivity index (χ3n) is 3.76. The van der Waals surface area contributed by atoms with Crippen LogP contribution in [0.25, 0.3) is 5.69 Å². The molecule has 0 aliphatic heterocycles. The molecule has 2 heterocycles. The molecule has 1 unspecified atom stereocenters. The summed E-state index contributed by atoms with van der Waals surface area (Å²) < 4.78 is 3.73. The molecule has 0 saturated carbocycles. The molecule has 0 amide bonds. The normalized spacial score (nSPS) is 12.2. The predicted molar refractivity (Wildman–Crippen MR) is 87.3 cm³/mol. The Morgan fingerprint density at radius 3 is 2.22 bits per heavy atom. The topological polar surface area (TPSA) is 48.5 Å². The molecule has 0 N–H and O–H groups in total. The van der Waals surface area contributed by atoms with Gasteiger partial charge in [0.15, 0.2) is 0 Å². The molecule has 4 aromatic rings. The van der Waals surface area contributed by atoms with Gasteiger partial charge < -0.3 is 0 Å². The fraction of sp³-hybridized carbons (Fsp3) is 0.0556. The van der Waals surface area contributed by atoms with Crippen LogP contribution >= 0.6 is 0 Å². The van der Waals surface area contributed by atoms with Gasteiger partial charge in [-0.25, -0.2) is 14.3 Å². The van der Waals surface area contributed by atoms with Gasteiger partial charge in [0, 0.05) is 11.8 Å². The molecule has 2 aromatic heterocycles. The second kappa shape index (κ2) is 5.88. The summed E-state index contributed by atoms with van der Waals surface area (Å²) >= 11 is 0. The van der Waals surface area contributed by atoms with E-state index in [4.69, 9.17) is 0 Å². The Bertz CT molecular complexity index is 866. The Morgan fingerprint density at radius 2 is 1.52 bits per heavy atom. The van der Waals surface area contributed by atoms with Gasteiger partial charge in [0.25, 0.3) is 0 Å². The first kappa shape index (κ1) is 13.5. The summed E-state index contributed by atoms with van der Waals surface area (Å²) in [6.07, 6.45) is 7.20. The Labute approximate surface area is 133 Å². The van der Waals surface area contributed by atoms with E-state index in [1.54, 1.807) is 12.7 Å². The smallest absolute Gasteiger partial charge is 0.137 e. The molecule has 0 bridgehead atoms. The molecule has 5 heteroatoms. The Kier molecular flexibility index (Phi) is 3.44. The summed E-state index contributed by atoms with van der Waals surface area (Å²) in [5, 5.41) is 8.82. The molecule has 23 heavy (non-hydrogen) atoms. The third-order valence-corrected chi connectivity index (χ3v) is 3.76. The van der Waals surface area contributed by atoms with Gasteiger partial charge in [0.1, 0.15) is 18.7 Å². The minimum Gasteiger partial charge on any atom is -0.241 e. The maximum absolute atomic E-state index is 4.50. The van der Waals surface area contributed by atoms with Crippen molar-refractivity contribution < 1.29 is 0 Å². The fourth-order valence-electron chi connectivity index (χ4n) is 2.68. The number of nitrogens with zero attached hydrogens (tertiary/aromatic N) is 5. The lowest BCUT2D eigenvalue weighted by atomic mass is 10.0. The lowest BCUT2D eigenvalue weighted by Crippen LogP contribution is -2.12. The zero-order valence-corrected chi connectivity index (χ0v) is 12.4. The van der Waals surface area contributed by atoms with Crippen molar-refractivity contribution in [2.24, 2.45) is 0 Å². The second-order valence-corrected chi connectivity index (χ2v) is 5.24. The van der Waals surface area contributed by atoms with Crippen molar-refractivity contribution >= 4 is 0 Å². The number of aromatic nitrogens is 5. The van der Waals surface area contributed by atoms with Gasteiger partial charge in [-0.1, -0.05) is 48.5 Å². The van der Waals surface area contributed by atoms with Crippen molar-refractivity contribution in [3.8, 4) is 5.69 Å². The number of benzene rings is 2. The Morgan fingerprint density at radius 1 is 0.783 bits per heavy atom. The van der Waals surface area contributed by atoms with E-state index in [1.807, 2.05) is 70.3 Å². The summed E-state index contributed by atoms with van der Waals surface area (Å²) in [5.74, 6) is 0. The third kappa shape index (κ3) is 2.64. The molecule has 5 nitrogen and oxygen atoms in total. The zero-order valence-electron chi connectivity index (χ0n) is 12.4. The molecule has 0 spiro atoms. The van der Waals surface area contributed by atoms with Crippen LogP contribution in [-0.2, 0) is 0 Å². The van der Waals surface area contributed by atoms with Crippen LogP contribution in [0.4, 0.5) is 0 Å². The van der Waals surface area contributed by atoms with Gasteiger partial charge in [-0.15, -0.1) is 0 Å². The highest BCUT2D eigenvalue weighted by molar-refractivity contribution is 5.34. The summed E-state index contributed by atoms with van der Waals surface area (Å²) in [5.41, 5.74) is 3.24. The van der Waals surface area contributed by atoms with Gasteiger partial charge in [-0.3, -0.25) is 0 Å². The van der Waals surface area contributed by atoms with Crippen LogP contribution in [0, 0.1) is 0 Å². The van der Waals surface area contributed by atoms with E-state index >= 15 is 0 Å². The van der Waals surface area contributed by atoms with Crippen molar-refractivity contribution in [3.63, 3.8) is 0 Å². The fourth-order valence-corrected chi connectivity index (χ4v) is 2.68. The molecule has 1 atom stereocenters. The van der Waals surface area contributed by atoms with E-state index in [9.17, 15) is 0 Å². The van der Waals surface area contributed by atoms with Crippen molar-refractivity contribution in [1.82, 2.24) is 24.5 Å². The predicted octanol–water partition coefficient (Wildman–Crippen LogP) is 3.10. The monoisotopic (exact) mass is 301 g/mol. The molecule has 4 rings (SSSR count). The van der Waals surface area contributed by atoms with Crippen molar-refractivity contribution in [1.29, 1.82) is 0 Å². The quantitative estimate of drug-likeness (QED) is 0.582. The van der Waals surface area contributed by atoms with Gasteiger partial charge >= 0.3 is 0 Å². The van der Waals surface area contributed by atoms with Crippen LogP contribution in [0.15, 0.2) is 85.7 Å². The highest BCUT2D eigenvalue weighted by Gasteiger charge is 2.18. The van der Waals surface area contributed by atoms with Crippen molar-refractivity contribution in [2.45, 2.75) is 6.04 Å². The highest BCUT2D eigenvalue weighted by Crippen LogP contribution is 2.25. The van der Waals surface area contributed by atoms with Crippen LogP contribution < -0.4 is 0 Å². The second-order valence-electron chi connectivity index (χ2n) is 5.24. The van der Waals surface area contributed by atoms with Crippen LogP contribution in [0.3, 0.4) is 0 Å². The van der Waals surface area contributed by atoms with E-state index in [1.165, 1.54) is 0 Å². The minimum atomic E-state index is -0.0452. The van der Waals surface area contributed by atoms with Gasteiger partial charge in [-0.2, -0.15) is 10.2 Å². The Hall–Kier alpha value is -3.21. The van der Waals surface area contributed by atoms with Crippen LogP contribution in [0.5, 0.6) is 0 Å². The number of hydrogen-bond acceptors (Lipinski definition) is 3. The highest BCUT2D eigenvalue weighted by atomic mass is 15.3. The van der Waals surface area contributed by atoms with Gasteiger partial charge in [-0.05, 0) is 17.7 Å². The van der Waals surface area contributed by atoms with Crippen LogP contribution in [0.2, 0.25) is 0 Å². The van der Waals surface area contributed by atoms with E-state index < -0.39 is 0 Å². The lowest BCUT2D eigenvalue weighted by Gasteiger charge is -2.15. The first-order valence-corrected chi connectivity index (χ1v) is 7.41. The molecular formula is C18H15N5. The van der Waals surface area contributed by atoms with E-state index in [-0.39, 0.29) is 6.04 Å². The molecule has 0 aliphatic carbocycles. The summed E-state index contributed by atoms with van der Waals surface area (Å²) in [7, 11) is 0. The van der Waals surface area contributed by atoms with E-state index in [2.05, 4.69) is 27.3 Å². The van der Waals surface area contributed by atoms with Crippen LogP contribution in [0.1, 0.15) is 17.2 Å². The lowest BCUT2D eigenvalue weighted by molar-refractivity contribution is 0.593. The minimum absolute atomic E-state index is 0.0452. The summed E-state index contributed by atoms with van der Waals surface area (Å²) in [6, 6.07) is 20.3. The first-order valence-electron chi connectivity index (χ1n) is 7.41. The van der Waals surface area contributed by atoms with Crippen LogP contribution in [-0.4, -0.2) is 24.5 Å². The molecule has 0 radical (unpaired) electrons. The zero-order chi connectivity index (χ0) is 15.5. The van der Waals surface area contributed by atoms with E-state index in [0.29, 0.717) is 0 Å². The number of para-hydroxylation sites is 1. The molecule has 0 aliphatic rings. The largest absolute Gasteiger partial charge is 0.241 e. The summed E-state index contributed by atoms with van der Waals surface area (Å²) in [6.45, 7) is 0. The molecular weight excluding hydrogens is 286 g/mol. The SMILES string of the molecule is c1ccc(C(c2cnn(-c3ccccc3)c2)n2cncn2)cc1. The number of hydrogen-bond donors (Lipinski definition) is 0. The first-order chi connectivity index (χ1) is 11.4. The molecule has 0 fully saturated rings. The maximum atomic E-state index is 4.50. The molecule has 0 saturated heterocycles. The molecule has 112 valence electrons. The Balaban J connectivity index is 1.78. The number of rotatable bonds is 4. The maximum Gasteiger partial charge on any atom is 0.137 e. The summed E-state index contributed by atoms with van der Waals surface area (Å²) in [4.78, 5) is 4.08. The van der Waals surface area contributed by atoms with Crippen molar-refractivity contribution in [2.75, 3.05) is 0 Å². The van der Waals surface area contributed by atoms with Crippen molar-refractivity contribution in [3.05, 3.63) is 96.8 Å². The standard InChI is InChI=1S/C18H15N5/c1-3-7-15(8-4-1)18(23-14-19-13-21-23)16-11-20-22(12-16)17-9-5-2-6-10-17/h1-14,18H.